The molecule has 3 rings (SSSR count). The van der Waals surface area contributed by atoms with Gasteiger partial charge in [-0.2, -0.15) is 0 Å². The Morgan fingerprint density at radius 2 is 2.25 bits per heavy atom. The first kappa shape index (κ1) is 16.5. The molecular formula is C17H31BNO4P. The predicted octanol–water partition coefficient (Wildman–Crippen LogP) is 3.07. The second-order valence-corrected chi connectivity index (χ2v) is 9.51. The molecule has 0 N–H and O–H groups in total. The number of hydrogen-bond donors (Lipinski definition) is 0. The first-order valence-electron chi connectivity index (χ1n) is 10.1. The molecule has 3 aliphatic rings. The van der Waals surface area contributed by atoms with E-state index in [2.05, 4.69) is 32.5 Å². The zero-order valence-corrected chi connectivity index (χ0v) is 16.1. The van der Waals surface area contributed by atoms with E-state index in [9.17, 15) is 0 Å². The number of fused-ring (bicyclic) bond motifs is 1. The van der Waals surface area contributed by atoms with Gasteiger partial charge in [0.2, 0.25) is 0 Å². The molecule has 2 aliphatic heterocycles. The molecular weight excluding hydrogens is 324 g/mol. The van der Waals surface area contributed by atoms with Crippen molar-refractivity contribution < 1.29 is 21.3 Å². The molecule has 136 valence electrons. The predicted molar refractivity (Wildman–Crippen MR) is 95.9 cm³/mol. The molecule has 3 fully saturated rings. The second kappa shape index (κ2) is 7.50. The van der Waals surface area contributed by atoms with Crippen molar-refractivity contribution in [3.63, 3.8) is 0 Å². The summed E-state index contributed by atoms with van der Waals surface area (Å²) in [4.78, 5) is 0. The molecule has 5 nitrogen and oxygen atoms in total. The summed E-state index contributed by atoms with van der Waals surface area (Å²) in [5, 5.41) is 0. The lowest BCUT2D eigenvalue weighted by Gasteiger charge is -2.55. The SMILES string of the molecule is [2H]C([3H])OC[C@H]1O[C@@H]([B])C[C@@H]1OP1OC2CC(C)CCC2C(C)(C)N1C. The molecule has 0 amide bonds. The summed E-state index contributed by atoms with van der Waals surface area (Å²) < 4.78 is 40.2. The Labute approximate surface area is 151 Å². The van der Waals surface area contributed by atoms with E-state index in [-0.39, 0.29) is 30.5 Å². The quantitative estimate of drug-likeness (QED) is 0.571. The van der Waals surface area contributed by atoms with E-state index in [0.717, 1.165) is 6.42 Å². The normalized spacial score (nSPS) is 48.4. The van der Waals surface area contributed by atoms with Crippen molar-refractivity contribution in [1.82, 2.24) is 4.67 Å². The molecule has 0 aromatic heterocycles. The molecule has 0 bridgehead atoms. The van der Waals surface area contributed by atoms with Crippen LogP contribution in [-0.4, -0.2) is 63.1 Å². The minimum absolute atomic E-state index is 0.00971. The lowest BCUT2D eigenvalue weighted by Crippen LogP contribution is -2.56. The summed E-state index contributed by atoms with van der Waals surface area (Å²) in [5.41, 5.74) is 0.00971. The molecule has 8 atom stereocenters. The largest absolute Gasteiger partial charge is 0.382 e. The Balaban J connectivity index is 1.67. The van der Waals surface area contributed by atoms with Gasteiger partial charge in [-0.25, -0.2) is 4.67 Å². The van der Waals surface area contributed by atoms with Crippen molar-refractivity contribution in [2.45, 2.75) is 76.3 Å². The third-order valence-electron chi connectivity index (χ3n) is 5.98. The highest BCUT2D eigenvalue weighted by Crippen LogP contribution is 2.59. The van der Waals surface area contributed by atoms with Crippen LogP contribution in [0.4, 0.5) is 0 Å². The molecule has 2 heterocycles. The molecule has 2 radical (unpaired) electrons. The first-order chi connectivity index (χ1) is 12.2. The maximum atomic E-state index is 7.20. The number of ether oxygens (including phenoxy) is 2. The van der Waals surface area contributed by atoms with E-state index in [1.807, 2.05) is 0 Å². The highest BCUT2D eigenvalue weighted by atomic mass is 31.2. The van der Waals surface area contributed by atoms with Crippen LogP contribution < -0.4 is 0 Å². The molecule has 5 unspecified atom stereocenters. The Morgan fingerprint density at radius 1 is 1.46 bits per heavy atom. The monoisotopic (exact) mass is 358 g/mol. The minimum Gasteiger partial charge on any atom is -0.382 e. The molecule has 1 saturated carbocycles. The van der Waals surface area contributed by atoms with Gasteiger partial charge < -0.3 is 18.5 Å². The molecule has 0 spiro atoms. The fourth-order valence-electron chi connectivity index (χ4n) is 4.20. The number of rotatable bonds is 4. The van der Waals surface area contributed by atoms with Crippen LogP contribution in [0.1, 0.15) is 49.2 Å². The highest BCUT2D eigenvalue weighted by molar-refractivity contribution is 7.44. The van der Waals surface area contributed by atoms with E-state index < -0.39 is 21.6 Å². The molecule has 1 aliphatic carbocycles. The average molecular weight is 358 g/mol. The van der Waals surface area contributed by atoms with Gasteiger partial charge in [0.15, 0.2) is 0 Å². The van der Waals surface area contributed by atoms with Crippen molar-refractivity contribution in [1.29, 1.82) is 0 Å². The van der Waals surface area contributed by atoms with E-state index in [1.165, 1.54) is 12.8 Å². The Kier molecular flexibility index (Phi) is 5.15. The molecule has 2 saturated heterocycles. The minimum atomic E-state index is -1.33. The van der Waals surface area contributed by atoms with Crippen molar-refractivity contribution >= 4 is 16.4 Å². The van der Waals surface area contributed by atoms with Crippen LogP contribution in [0.5, 0.6) is 0 Å². The number of nitrogens with zero attached hydrogens (tertiary/aromatic N) is 1. The van der Waals surface area contributed by atoms with Gasteiger partial charge >= 0.3 is 0 Å². The van der Waals surface area contributed by atoms with Crippen LogP contribution >= 0.6 is 8.53 Å². The van der Waals surface area contributed by atoms with Crippen molar-refractivity contribution in [2.75, 3.05) is 20.7 Å². The van der Waals surface area contributed by atoms with E-state index in [0.29, 0.717) is 18.3 Å². The second-order valence-electron chi connectivity index (χ2n) is 8.01. The lowest BCUT2D eigenvalue weighted by molar-refractivity contribution is -0.0615. The fraction of sp³-hybridized carbons (Fsp3) is 1.00. The van der Waals surface area contributed by atoms with Gasteiger partial charge in [0.25, 0.3) is 8.53 Å². The van der Waals surface area contributed by atoms with Gasteiger partial charge in [-0.05, 0) is 46.1 Å². The zero-order chi connectivity index (χ0) is 19.1. The third-order valence-corrected chi connectivity index (χ3v) is 7.89. The van der Waals surface area contributed by atoms with Crippen LogP contribution in [-0.2, 0) is 18.5 Å². The zero-order valence-electron chi connectivity index (χ0n) is 17.2. The molecule has 0 aromatic carbocycles. The van der Waals surface area contributed by atoms with Crippen molar-refractivity contribution in [3.8, 4) is 0 Å². The van der Waals surface area contributed by atoms with Crippen LogP contribution in [0.15, 0.2) is 0 Å². The maximum Gasteiger partial charge on any atom is 0.259 e. The van der Waals surface area contributed by atoms with Crippen LogP contribution in [0.3, 0.4) is 0 Å². The molecule has 24 heavy (non-hydrogen) atoms. The van der Waals surface area contributed by atoms with Gasteiger partial charge in [-0.1, -0.05) is 13.3 Å². The van der Waals surface area contributed by atoms with Crippen molar-refractivity contribution in [2.24, 2.45) is 11.8 Å². The fourth-order valence-corrected chi connectivity index (χ4v) is 6.02. The van der Waals surface area contributed by atoms with E-state index in [4.69, 9.17) is 29.1 Å². The van der Waals surface area contributed by atoms with Gasteiger partial charge in [0, 0.05) is 24.5 Å². The smallest absolute Gasteiger partial charge is 0.259 e. The maximum absolute atomic E-state index is 7.20. The topological polar surface area (TPSA) is 40.2 Å². The Hall–Kier alpha value is 0.295. The molecule has 7 heteroatoms. The summed E-state index contributed by atoms with van der Waals surface area (Å²) in [7, 11) is 5.46. The van der Waals surface area contributed by atoms with Crippen LogP contribution in [0.2, 0.25) is 0 Å². The van der Waals surface area contributed by atoms with E-state index in [1.54, 1.807) is 0 Å². The van der Waals surface area contributed by atoms with Crippen molar-refractivity contribution in [3.05, 3.63) is 0 Å². The summed E-state index contributed by atoms with van der Waals surface area (Å²) in [5.74, 6) is 1.20. The Morgan fingerprint density at radius 3 is 3.00 bits per heavy atom. The van der Waals surface area contributed by atoms with E-state index >= 15 is 0 Å². The van der Waals surface area contributed by atoms with Gasteiger partial charge in [-0.15, -0.1) is 0 Å². The average Bonchev–Trinajstić information content (AvgIpc) is 2.90. The summed E-state index contributed by atoms with van der Waals surface area (Å²) in [6.45, 7) is 6.99. The summed E-state index contributed by atoms with van der Waals surface area (Å²) in [6.07, 6.45) is 3.71. The highest BCUT2D eigenvalue weighted by Gasteiger charge is 2.51. The number of hydrogen-bond acceptors (Lipinski definition) is 5. The third kappa shape index (κ3) is 3.70. The van der Waals surface area contributed by atoms with Crippen LogP contribution in [0, 0.1) is 11.8 Å². The van der Waals surface area contributed by atoms with Gasteiger partial charge in [0.1, 0.15) is 14.0 Å². The first-order valence-corrected chi connectivity index (χ1v) is 10.1. The molecule has 0 aromatic rings. The Bertz CT molecular complexity index is 490. The van der Waals surface area contributed by atoms with Gasteiger partial charge in [-0.3, -0.25) is 0 Å². The standard InChI is InChI=1S/C17H31BNO4P/c1-11-6-7-12-13(8-11)22-24(19(4)17(12,2)3)23-14-9-16(18)21-15(14)10-20-5/h11-16H,6-10H2,1-5H3/t11?,12?,13?,14-,15+,16+,24?/m0/s1/i5TD/t5?,11?,12?,13?,14-,15+,16+,24?. The summed E-state index contributed by atoms with van der Waals surface area (Å²) >= 11 is 0. The summed E-state index contributed by atoms with van der Waals surface area (Å²) in [6, 6.07) is -0.413. The van der Waals surface area contributed by atoms with Gasteiger partial charge in [0.05, 0.1) is 21.6 Å². The number of methoxy groups -OCH3 is 1. The van der Waals surface area contributed by atoms with Crippen LogP contribution in [0.25, 0.3) is 0 Å². The lowest BCUT2D eigenvalue weighted by atomic mass is 9.72.